The lowest BCUT2D eigenvalue weighted by atomic mass is 9.79. The van der Waals surface area contributed by atoms with E-state index in [0.29, 0.717) is 19.0 Å². The number of amides is 1. The van der Waals surface area contributed by atoms with Gasteiger partial charge in [0.05, 0.1) is 0 Å². The molecule has 18 heavy (non-hydrogen) atoms. The first-order valence-corrected chi connectivity index (χ1v) is 7.26. The van der Waals surface area contributed by atoms with Crippen molar-refractivity contribution in [1.82, 2.24) is 10.6 Å². The first-order chi connectivity index (χ1) is 8.65. The van der Waals surface area contributed by atoms with Gasteiger partial charge >= 0.3 is 0 Å². The number of nitrogens with one attached hydrogen (secondary N) is 2. The molecule has 0 radical (unpaired) electrons. The average Bonchev–Trinajstić information content (AvgIpc) is 2.87. The highest BCUT2D eigenvalue weighted by atomic mass is 16.3. The van der Waals surface area contributed by atoms with Crippen LogP contribution in [0.2, 0.25) is 0 Å². The maximum Gasteiger partial charge on any atom is 0.221 e. The van der Waals surface area contributed by atoms with Crippen LogP contribution in [0.5, 0.6) is 0 Å². The summed E-state index contributed by atoms with van der Waals surface area (Å²) >= 11 is 0. The molecule has 0 aliphatic carbocycles. The number of carbonyl (C=O) groups is 1. The van der Waals surface area contributed by atoms with Crippen molar-refractivity contribution >= 4 is 5.91 Å². The molecule has 1 saturated heterocycles. The quantitative estimate of drug-likeness (QED) is 0.616. The van der Waals surface area contributed by atoms with Crippen LogP contribution in [-0.2, 0) is 4.79 Å². The van der Waals surface area contributed by atoms with Gasteiger partial charge in [-0.2, -0.15) is 0 Å². The highest BCUT2D eigenvalue weighted by Gasteiger charge is 2.26. The van der Waals surface area contributed by atoms with Crippen LogP contribution < -0.4 is 10.6 Å². The van der Waals surface area contributed by atoms with Crippen molar-refractivity contribution in [3.8, 4) is 0 Å². The summed E-state index contributed by atoms with van der Waals surface area (Å²) in [4.78, 5) is 11.9. The van der Waals surface area contributed by atoms with Gasteiger partial charge in [-0.3, -0.25) is 4.79 Å². The van der Waals surface area contributed by atoms with E-state index < -0.39 is 0 Å². The second-order valence-electron chi connectivity index (χ2n) is 5.45. The normalized spacial score (nSPS) is 20.1. The minimum Gasteiger partial charge on any atom is -0.396 e. The minimum atomic E-state index is 0.0630. The number of aliphatic hydroxyl groups excluding tert-OH is 1. The van der Waals surface area contributed by atoms with Gasteiger partial charge in [-0.15, -0.1) is 0 Å². The first kappa shape index (κ1) is 15.4. The maximum atomic E-state index is 11.9. The molecular formula is C14H28N2O2. The van der Waals surface area contributed by atoms with Crippen molar-refractivity contribution < 1.29 is 9.90 Å². The fourth-order valence-corrected chi connectivity index (χ4v) is 2.69. The molecule has 106 valence electrons. The summed E-state index contributed by atoms with van der Waals surface area (Å²) in [5.74, 6) is 0.138. The van der Waals surface area contributed by atoms with Crippen molar-refractivity contribution in [2.75, 3.05) is 19.7 Å². The van der Waals surface area contributed by atoms with Gasteiger partial charge in [-0.25, -0.2) is 0 Å². The summed E-state index contributed by atoms with van der Waals surface area (Å²) in [5.41, 5.74) is 0.0630. The third-order valence-corrected chi connectivity index (χ3v) is 4.40. The van der Waals surface area contributed by atoms with E-state index in [-0.39, 0.29) is 17.9 Å². The third-order valence-electron chi connectivity index (χ3n) is 4.40. The predicted octanol–water partition coefficient (Wildman–Crippen LogP) is 1.43. The van der Waals surface area contributed by atoms with Gasteiger partial charge in [0.2, 0.25) is 5.91 Å². The summed E-state index contributed by atoms with van der Waals surface area (Å²) < 4.78 is 0. The molecule has 1 fully saturated rings. The van der Waals surface area contributed by atoms with Crippen molar-refractivity contribution in [3.63, 3.8) is 0 Å². The van der Waals surface area contributed by atoms with Crippen LogP contribution in [0.1, 0.15) is 52.4 Å². The molecule has 1 heterocycles. The SMILES string of the molecule is CCC(CC)(CCO)CNC(=O)CC1CCCN1. The van der Waals surface area contributed by atoms with Crippen LogP contribution in [0.4, 0.5) is 0 Å². The van der Waals surface area contributed by atoms with E-state index in [1.54, 1.807) is 0 Å². The zero-order valence-electron chi connectivity index (χ0n) is 11.8. The standard InChI is InChI=1S/C14H28N2O2/c1-3-14(4-2,7-9-17)11-16-13(18)10-12-6-5-8-15-12/h12,15,17H,3-11H2,1-2H3,(H,16,18). The Bertz CT molecular complexity index is 246. The van der Waals surface area contributed by atoms with Crippen molar-refractivity contribution in [2.24, 2.45) is 5.41 Å². The van der Waals surface area contributed by atoms with Gasteiger partial charge in [0.15, 0.2) is 0 Å². The molecular weight excluding hydrogens is 228 g/mol. The van der Waals surface area contributed by atoms with Crippen LogP contribution in [0.15, 0.2) is 0 Å². The van der Waals surface area contributed by atoms with Crippen molar-refractivity contribution in [2.45, 2.75) is 58.4 Å². The third kappa shape index (κ3) is 4.58. The molecule has 0 aromatic carbocycles. The fourth-order valence-electron chi connectivity index (χ4n) is 2.69. The fraction of sp³-hybridized carbons (Fsp3) is 0.929. The number of hydrogen-bond donors (Lipinski definition) is 3. The van der Waals surface area contributed by atoms with E-state index in [2.05, 4.69) is 24.5 Å². The molecule has 4 nitrogen and oxygen atoms in total. The Hall–Kier alpha value is -0.610. The van der Waals surface area contributed by atoms with E-state index in [1.165, 1.54) is 6.42 Å². The Morgan fingerprint density at radius 3 is 2.67 bits per heavy atom. The minimum absolute atomic E-state index is 0.0630. The van der Waals surface area contributed by atoms with E-state index >= 15 is 0 Å². The summed E-state index contributed by atoms with van der Waals surface area (Å²) in [7, 11) is 0. The van der Waals surface area contributed by atoms with E-state index in [4.69, 9.17) is 5.11 Å². The lowest BCUT2D eigenvalue weighted by Crippen LogP contribution is -2.39. The Balaban J connectivity index is 2.33. The van der Waals surface area contributed by atoms with Crippen LogP contribution in [0.3, 0.4) is 0 Å². The van der Waals surface area contributed by atoms with Crippen molar-refractivity contribution in [1.29, 1.82) is 0 Å². The predicted molar refractivity (Wildman–Crippen MR) is 73.4 cm³/mol. The monoisotopic (exact) mass is 256 g/mol. The molecule has 1 atom stereocenters. The second-order valence-corrected chi connectivity index (χ2v) is 5.45. The molecule has 1 amide bonds. The molecule has 3 N–H and O–H groups in total. The Morgan fingerprint density at radius 1 is 1.44 bits per heavy atom. The Kier molecular flexibility index (Phi) is 6.65. The Morgan fingerprint density at radius 2 is 2.17 bits per heavy atom. The van der Waals surface area contributed by atoms with E-state index in [9.17, 15) is 4.79 Å². The first-order valence-electron chi connectivity index (χ1n) is 7.26. The number of carbonyl (C=O) groups excluding carboxylic acids is 1. The van der Waals surface area contributed by atoms with Crippen LogP contribution >= 0.6 is 0 Å². The summed E-state index contributed by atoms with van der Waals surface area (Å²) in [6.07, 6.45) is 5.62. The maximum absolute atomic E-state index is 11.9. The molecule has 0 spiro atoms. The second kappa shape index (κ2) is 7.74. The lowest BCUT2D eigenvalue weighted by Gasteiger charge is -2.31. The average molecular weight is 256 g/mol. The highest BCUT2D eigenvalue weighted by Crippen LogP contribution is 2.29. The Labute approximate surface area is 111 Å². The zero-order valence-corrected chi connectivity index (χ0v) is 11.8. The zero-order chi connectivity index (χ0) is 13.4. The van der Waals surface area contributed by atoms with Crippen LogP contribution in [0.25, 0.3) is 0 Å². The highest BCUT2D eigenvalue weighted by molar-refractivity contribution is 5.76. The van der Waals surface area contributed by atoms with Gasteiger partial charge in [0.1, 0.15) is 0 Å². The number of aliphatic hydroxyl groups is 1. The smallest absolute Gasteiger partial charge is 0.221 e. The summed E-state index contributed by atoms with van der Waals surface area (Å²) in [6.45, 7) is 6.18. The molecule has 4 heteroatoms. The number of hydrogen-bond acceptors (Lipinski definition) is 3. The van der Waals surface area contributed by atoms with Gasteiger partial charge in [0.25, 0.3) is 0 Å². The largest absolute Gasteiger partial charge is 0.396 e. The molecule has 1 unspecified atom stereocenters. The molecule has 0 saturated carbocycles. The molecule has 1 rings (SSSR count). The summed E-state index contributed by atoms with van der Waals surface area (Å²) in [6, 6.07) is 0.362. The molecule has 1 aliphatic rings. The van der Waals surface area contributed by atoms with E-state index in [0.717, 1.165) is 32.2 Å². The number of rotatable bonds is 8. The van der Waals surface area contributed by atoms with Crippen molar-refractivity contribution in [3.05, 3.63) is 0 Å². The lowest BCUT2D eigenvalue weighted by molar-refractivity contribution is -0.122. The van der Waals surface area contributed by atoms with Gasteiger partial charge in [-0.1, -0.05) is 13.8 Å². The molecule has 0 aromatic heterocycles. The summed E-state index contributed by atoms with van der Waals surface area (Å²) in [5, 5.41) is 15.5. The van der Waals surface area contributed by atoms with Gasteiger partial charge < -0.3 is 15.7 Å². The van der Waals surface area contributed by atoms with E-state index in [1.807, 2.05) is 0 Å². The van der Waals surface area contributed by atoms with Crippen LogP contribution in [0, 0.1) is 5.41 Å². The topological polar surface area (TPSA) is 61.4 Å². The molecule has 1 aliphatic heterocycles. The van der Waals surface area contributed by atoms with Crippen LogP contribution in [-0.4, -0.2) is 36.8 Å². The molecule has 0 bridgehead atoms. The van der Waals surface area contributed by atoms with Gasteiger partial charge in [-0.05, 0) is 44.1 Å². The molecule has 0 aromatic rings. The van der Waals surface area contributed by atoms with Gasteiger partial charge in [0, 0.05) is 25.6 Å².